The Hall–Kier alpha value is -2.24. The number of hydrogen-bond donors (Lipinski definition) is 1. The molecule has 0 fully saturated rings. The molecule has 0 saturated heterocycles. The van der Waals surface area contributed by atoms with Gasteiger partial charge in [0.05, 0.1) is 30.2 Å². The third-order valence-corrected chi connectivity index (χ3v) is 3.06. The molecule has 2 heterocycles. The number of aromatic nitrogens is 3. The van der Waals surface area contributed by atoms with Crippen LogP contribution >= 0.6 is 0 Å². The van der Waals surface area contributed by atoms with Crippen molar-refractivity contribution in [2.24, 2.45) is 7.05 Å². The van der Waals surface area contributed by atoms with Gasteiger partial charge in [0.25, 0.3) is 0 Å². The molecular formula is C15H22N4O2. The standard InChI is InChI=1S/C15H22N4O2/c1-10(2)21-14-13(7-6-8-16-14)17-9-12-11(3)18-19(4)15(12)20-5/h6-8,10,17H,9H2,1-5H3. The van der Waals surface area contributed by atoms with Crippen LogP contribution in [0.15, 0.2) is 18.3 Å². The van der Waals surface area contributed by atoms with Crippen LogP contribution in [0.3, 0.4) is 0 Å². The number of pyridine rings is 1. The minimum Gasteiger partial charge on any atom is -0.481 e. The number of anilines is 1. The van der Waals surface area contributed by atoms with Crippen LogP contribution in [0.2, 0.25) is 0 Å². The smallest absolute Gasteiger partial charge is 0.237 e. The predicted octanol–water partition coefficient (Wildman–Crippen LogP) is 2.53. The summed E-state index contributed by atoms with van der Waals surface area (Å²) in [7, 11) is 3.52. The third kappa shape index (κ3) is 3.45. The summed E-state index contributed by atoms with van der Waals surface area (Å²) in [6.45, 7) is 6.52. The first-order valence-corrected chi connectivity index (χ1v) is 6.95. The molecular weight excluding hydrogens is 268 g/mol. The molecule has 0 spiro atoms. The average molecular weight is 290 g/mol. The van der Waals surface area contributed by atoms with Crippen LogP contribution in [-0.2, 0) is 13.6 Å². The van der Waals surface area contributed by atoms with E-state index in [1.165, 1.54) is 0 Å². The van der Waals surface area contributed by atoms with E-state index in [-0.39, 0.29) is 6.10 Å². The minimum absolute atomic E-state index is 0.0788. The highest BCUT2D eigenvalue weighted by Crippen LogP contribution is 2.26. The van der Waals surface area contributed by atoms with Gasteiger partial charge in [-0.05, 0) is 32.9 Å². The summed E-state index contributed by atoms with van der Waals surface area (Å²) in [4.78, 5) is 4.26. The highest BCUT2D eigenvalue weighted by molar-refractivity contribution is 5.53. The maximum atomic E-state index is 5.70. The van der Waals surface area contributed by atoms with Crippen LogP contribution in [0.25, 0.3) is 0 Å². The number of hydrogen-bond acceptors (Lipinski definition) is 5. The molecule has 6 heteroatoms. The monoisotopic (exact) mass is 290 g/mol. The first kappa shape index (κ1) is 15.2. The van der Waals surface area contributed by atoms with E-state index < -0.39 is 0 Å². The fourth-order valence-electron chi connectivity index (χ4n) is 2.17. The molecule has 0 unspecified atom stereocenters. The topological polar surface area (TPSA) is 61.2 Å². The van der Waals surface area contributed by atoms with Gasteiger partial charge in [-0.2, -0.15) is 5.10 Å². The second-order valence-electron chi connectivity index (χ2n) is 5.07. The van der Waals surface area contributed by atoms with Crippen molar-refractivity contribution < 1.29 is 9.47 Å². The van der Waals surface area contributed by atoms with Crippen molar-refractivity contribution in [2.75, 3.05) is 12.4 Å². The van der Waals surface area contributed by atoms with Gasteiger partial charge in [0.1, 0.15) is 0 Å². The molecule has 1 N–H and O–H groups in total. The maximum Gasteiger partial charge on any atom is 0.237 e. The molecule has 0 atom stereocenters. The van der Waals surface area contributed by atoms with E-state index in [9.17, 15) is 0 Å². The Balaban J connectivity index is 2.17. The highest BCUT2D eigenvalue weighted by atomic mass is 16.5. The molecule has 6 nitrogen and oxygen atoms in total. The van der Waals surface area contributed by atoms with E-state index in [1.54, 1.807) is 18.0 Å². The van der Waals surface area contributed by atoms with E-state index in [4.69, 9.17) is 9.47 Å². The van der Waals surface area contributed by atoms with E-state index in [0.717, 1.165) is 22.8 Å². The molecule has 2 aromatic rings. The number of aryl methyl sites for hydroxylation is 2. The zero-order chi connectivity index (χ0) is 15.4. The number of nitrogens with one attached hydrogen (secondary N) is 1. The van der Waals surface area contributed by atoms with Crippen LogP contribution in [0.4, 0.5) is 5.69 Å². The predicted molar refractivity (Wildman–Crippen MR) is 81.8 cm³/mol. The lowest BCUT2D eigenvalue weighted by atomic mass is 10.2. The zero-order valence-corrected chi connectivity index (χ0v) is 13.2. The SMILES string of the molecule is COc1c(CNc2cccnc2OC(C)C)c(C)nn1C. The van der Waals surface area contributed by atoms with E-state index in [0.29, 0.717) is 12.4 Å². The molecule has 2 rings (SSSR count). The normalized spacial score (nSPS) is 10.8. The minimum atomic E-state index is 0.0788. The van der Waals surface area contributed by atoms with Gasteiger partial charge in [-0.15, -0.1) is 0 Å². The van der Waals surface area contributed by atoms with Gasteiger partial charge in [0.15, 0.2) is 0 Å². The average Bonchev–Trinajstić information content (AvgIpc) is 2.70. The van der Waals surface area contributed by atoms with Crippen molar-refractivity contribution in [3.63, 3.8) is 0 Å². The van der Waals surface area contributed by atoms with E-state index in [1.807, 2.05) is 40.0 Å². The van der Waals surface area contributed by atoms with Gasteiger partial charge in [-0.3, -0.25) is 0 Å². The summed E-state index contributed by atoms with van der Waals surface area (Å²) in [6, 6.07) is 3.83. The lowest BCUT2D eigenvalue weighted by Gasteiger charge is -2.14. The lowest BCUT2D eigenvalue weighted by molar-refractivity contribution is 0.234. The van der Waals surface area contributed by atoms with Crippen molar-refractivity contribution in [3.05, 3.63) is 29.6 Å². The molecule has 0 amide bonds. The number of nitrogens with zero attached hydrogens (tertiary/aromatic N) is 3. The van der Waals surface area contributed by atoms with Crippen molar-refractivity contribution in [2.45, 2.75) is 33.4 Å². The lowest BCUT2D eigenvalue weighted by Crippen LogP contribution is -2.10. The summed E-state index contributed by atoms with van der Waals surface area (Å²) in [5, 5.41) is 7.71. The Bertz CT molecular complexity index is 608. The molecule has 0 aromatic carbocycles. The zero-order valence-electron chi connectivity index (χ0n) is 13.2. The van der Waals surface area contributed by atoms with Gasteiger partial charge >= 0.3 is 0 Å². The van der Waals surface area contributed by atoms with E-state index >= 15 is 0 Å². The van der Waals surface area contributed by atoms with Crippen LogP contribution in [-0.4, -0.2) is 28.0 Å². The fourth-order valence-corrected chi connectivity index (χ4v) is 2.17. The van der Waals surface area contributed by atoms with Gasteiger partial charge in [0.2, 0.25) is 11.8 Å². The Morgan fingerprint density at radius 3 is 2.81 bits per heavy atom. The molecule has 2 aromatic heterocycles. The van der Waals surface area contributed by atoms with Crippen molar-refractivity contribution in [1.82, 2.24) is 14.8 Å². The molecule has 0 aliphatic heterocycles. The van der Waals surface area contributed by atoms with E-state index in [2.05, 4.69) is 15.4 Å². The second-order valence-corrected chi connectivity index (χ2v) is 5.07. The Morgan fingerprint density at radius 2 is 2.14 bits per heavy atom. The molecule has 114 valence electrons. The third-order valence-electron chi connectivity index (χ3n) is 3.06. The number of ether oxygens (including phenoxy) is 2. The quantitative estimate of drug-likeness (QED) is 0.886. The van der Waals surface area contributed by atoms with Crippen LogP contribution in [0.5, 0.6) is 11.8 Å². The Labute approximate surface area is 125 Å². The fraction of sp³-hybridized carbons (Fsp3) is 0.467. The summed E-state index contributed by atoms with van der Waals surface area (Å²) in [5.74, 6) is 1.36. The summed E-state index contributed by atoms with van der Waals surface area (Å²) < 4.78 is 12.8. The van der Waals surface area contributed by atoms with Crippen LogP contribution < -0.4 is 14.8 Å². The maximum absolute atomic E-state index is 5.70. The van der Waals surface area contributed by atoms with Gasteiger partial charge in [-0.1, -0.05) is 0 Å². The van der Waals surface area contributed by atoms with Crippen molar-refractivity contribution in [3.8, 4) is 11.8 Å². The molecule has 0 radical (unpaired) electrons. The second kappa shape index (κ2) is 6.47. The number of rotatable bonds is 6. The van der Waals surface area contributed by atoms with Crippen LogP contribution in [0.1, 0.15) is 25.1 Å². The summed E-state index contributed by atoms with van der Waals surface area (Å²) in [6.07, 6.45) is 1.80. The molecule has 21 heavy (non-hydrogen) atoms. The molecule has 0 saturated carbocycles. The molecule has 0 aliphatic rings. The van der Waals surface area contributed by atoms with Crippen molar-refractivity contribution in [1.29, 1.82) is 0 Å². The first-order valence-electron chi connectivity index (χ1n) is 6.95. The largest absolute Gasteiger partial charge is 0.481 e. The van der Waals surface area contributed by atoms with Gasteiger partial charge in [0, 0.05) is 19.8 Å². The van der Waals surface area contributed by atoms with Gasteiger partial charge < -0.3 is 14.8 Å². The molecule has 0 aliphatic carbocycles. The van der Waals surface area contributed by atoms with Crippen LogP contribution in [0, 0.1) is 6.92 Å². The van der Waals surface area contributed by atoms with Gasteiger partial charge in [-0.25, -0.2) is 9.67 Å². The molecule has 0 bridgehead atoms. The summed E-state index contributed by atoms with van der Waals surface area (Å²) in [5.41, 5.74) is 2.83. The number of methoxy groups -OCH3 is 1. The summed E-state index contributed by atoms with van der Waals surface area (Å²) >= 11 is 0. The Morgan fingerprint density at radius 1 is 1.38 bits per heavy atom. The highest BCUT2D eigenvalue weighted by Gasteiger charge is 2.14. The van der Waals surface area contributed by atoms with Crippen molar-refractivity contribution >= 4 is 5.69 Å². The Kier molecular flexibility index (Phi) is 4.67. The first-order chi connectivity index (χ1) is 10.0.